The summed E-state index contributed by atoms with van der Waals surface area (Å²) in [6.45, 7) is 6.12. The predicted octanol–water partition coefficient (Wildman–Crippen LogP) is 7.75. The lowest BCUT2D eigenvalue weighted by atomic mass is 9.91. The summed E-state index contributed by atoms with van der Waals surface area (Å²) in [5.74, 6) is 1.37. The van der Waals surface area contributed by atoms with E-state index in [1.807, 2.05) is 99.8 Å². The lowest BCUT2D eigenvalue weighted by molar-refractivity contribution is -0.160. The Labute approximate surface area is 274 Å². The van der Waals surface area contributed by atoms with Crippen LogP contribution in [0.4, 0.5) is 0 Å². The summed E-state index contributed by atoms with van der Waals surface area (Å²) in [7, 11) is 0. The van der Waals surface area contributed by atoms with Gasteiger partial charge in [0.2, 0.25) is 5.89 Å². The van der Waals surface area contributed by atoms with Crippen LogP contribution in [0.5, 0.6) is 0 Å². The van der Waals surface area contributed by atoms with E-state index in [2.05, 4.69) is 38.6 Å². The van der Waals surface area contributed by atoms with Gasteiger partial charge in [-0.3, -0.25) is 4.98 Å². The number of carbonyl (C=O) groups excluding carboxylic acids is 1. The summed E-state index contributed by atoms with van der Waals surface area (Å²) < 4.78 is 12.0. The molecular formula is C38H38N6O3. The fourth-order valence-electron chi connectivity index (χ4n) is 6.09. The minimum absolute atomic E-state index is 0.0749. The van der Waals surface area contributed by atoms with Crippen molar-refractivity contribution in [3.63, 3.8) is 0 Å². The number of oxazole rings is 1. The van der Waals surface area contributed by atoms with Gasteiger partial charge in [0, 0.05) is 23.9 Å². The Morgan fingerprint density at radius 1 is 0.979 bits per heavy atom. The van der Waals surface area contributed by atoms with Gasteiger partial charge in [-0.15, -0.1) is 0 Å². The number of carbonyl (C=O) groups is 1. The van der Waals surface area contributed by atoms with Crippen LogP contribution in [0, 0.1) is 0 Å². The molecule has 0 amide bonds. The molecule has 0 saturated carbocycles. The van der Waals surface area contributed by atoms with Gasteiger partial charge in [0.05, 0.1) is 29.0 Å². The van der Waals surface area contributed by atoms with Crippen LogP contribution >= 0.6 is 0 Å². The zero-order chi connectivity index (χ0) is 32.4. The lowest BCUT2D eigenvalue weighted by Crippen LogP contribution is -2.47. The van der Waals surface area contributed by atoms with Crippen LogP contribution < -0.4 is 5.43 Å². The topological polar surface area (TPSA) is 109 Å². The van der Waals surface area contributed by atoms with E-state index in [1.165, 1.54) is 5.56 Å². The first-order chi connectivity index (χ1) is 22.8. The Morgan fingerprint density at radius 2 is 1.77 bits per heavy atom. The number of benzene rings is 3. The van der Waals surface area contributed by atoms with Gasteiger partial charge in [-0.2, -0.15) is 0 Å². The number of aryl methyl sites for hydroxylation is 1. The van der Waals surface area contributed by atoms with Crippen molar-refractivity contribution in [1.29, 1.82) is 0 Å². The number of imidazole rings is 1. The third kappa shape index (κ3) is 6.86. The van der Waals surface area contributed by atoms with Crippen molar-refractivity contribution in [3.8, 4) is 22.8 Å². The van der Waals surface area contributed by atoms with Crippen molar-refractivity contribution >= 4 is 17.0 Å². The van der Waals surface area contributed by atoms with Gasteiger partial charge in [-0.25, -0.2) is 25.2 Å². The van der Waals surface area contributed by atoms with Crippen LogP contribution in [0.2, 0.25) is 0 Å². The molecule has 3 aromatic heterocycles. The Hall–Kier alpha value is -5.12. The molecule has 7 rings (SSSR count). The van der Waals surface area contributed by atoms with E-state index in [-0.39, 0.29) is 6.04 Å². The smallest absolute Gasteiger partial charge is 0.332 e. The number of esters is 1. The number of aromatic amines is 1. The number of pyridine rings is 1. The SMILES string of the molecule is CC(C)(C)OC(=O)C(NN(Cc1ccc(-c2ncc(-c3ccccc3)o2)cc1)C1CCCc2cccnc21)c1nc2ccccc2[nH]1. The molecule has 0 saturated heterocycles. The fraction of sp³-hybridized carbons (Fsp3) is 0.263. The van der Waals surface area contributed by atoms with Gasteiger partial charge >= 0.3 is 5.97 Å². The first kappa shape index (κ1) is 30.5. The molecule has 1 aliphatic carbocycles. The Bertz CT molecular complexity index is 1940. The molecule has 9 heteroatoms. The van der Waals surface area contributed by atoms with Gasteiger partial charge in [-0.1, -0.05) is 60.7 Å². The fourth-order valence-corrected chi connectivity index (χ4v) is 6.09. The van der Waals surface area contributed by atoms with Crippen LogP contribution in [0.25, 0.3) is 33.8 Å². The van der Waals surface area contributed by atoms with Gasteiger partial charge in [-0.05, 0) is 81.5 Å². The number of H-pyrrole nitrogens is 1. The van der Waals surface area contributed by atoms with Crippen molar-refractivity contribution in [1.82, 2.24) is 30.4 Å². The zero-order valence-corrected chi connectivity index (χ0v) is 26.8. The van der Waals surface area contributed by atoms with Crippen molar-refractivity contribution < 1.29 is 13.9 Å². The van der Waals surface area contributed by atoms with Crippen molar-refractivity contribution in [2.45, 2.75) is 64.3 Å². The second kappa shape index (κ2) is 12.9. The standard InChI is InChI=1S/C38H38N6O3/c1-38(2,3)47-37(45)34(35-41-29-15-7-8-16-30(29)42-35)43-44(31-17-9-13-27-14-10-22-39-33(27)31)24-25-18-20-28(21-19-25)36-40-23-32(46-36)26-11-5-4-6-12-26/h4-8,10-12,14-16,18-23,31,34,43H,9,13,17,24H2,1-3H3,(H,41,42). The average Bonchev–Trinajstić information content (AvgIpc) is 3.74. The highest BCUT2D eigenvalue weighted by molar-refractivity contribution is 5.80. The number of nitrogens with one attached hydrogen (secondary N) is 2. The average molecular weight is 627 g/mol. The third-order valence-electron chi connectivity index (χ3n) is 8.28. The summed E-state index contributed by atoms with van der Waals surface area (Å²) >= 11 is 0. The van der Waals surface area contributed by atoms with E-state index in [4.69, 9.17) is 19.1 Å². The number of ether oxygens (including phenoxy) is 1. The molecule has 3 aromatic carbocycles. The predicted molar refractivity (Wildman–Crippen MR) is 181 cm³/mol. The molecule has 0 fully saturated rings. The van der Waals surface area contributed by atoms with Gasteiger partial charge < -0.3 is 14.1 Å². The highest BCUT2D eigenvalue weighted by Crippen LogP contribution is 2.34. The van der Waals surface area contributed by atoms with Crippen LogP contribution in [-0.2, 0) is 22.5 Å². The number of hydrazine groups is 1. The number of para-hydroxylation sites is 2. The highest BCUT2D eigenvalue weighted by atomic mass is 16.6. The second-order valence-electron chi connectivity index (χ2n) is 12.9. The van der Waals surface area contributed by atoms with Crippen molar-refractivity contribution in [3.05, 3.63) is 126 Å². The minimum Gasteiger partial charge on any atom is -0.458 e. The number of fused-ring (bicyclic) bond motifs is 2. The molecule has 3 heterocycles. The largest absolute Gasteiger partial charge is 0.458 e. The molecule has 0 spiro atoms. The Morgan fingerprint density at radius 3 is 2.55 bits per heavy atom. The van der Waals surface area contributed by atoms with Gasteiger partial charge in [0.15, 0.2) is 11.8 Å². The Kier molecular flexibility index (Phi) is 8.41. The number of nitrogens with zero attached hydrogens (tertiary/aromatic N) is 4. The molecule has 47 heavy (non-hydrogen) atoms. The van der Waals surface area contributed by atoms with E-state index < -0.39 is 17.6 Å². The highest BCUT2D eigenvalue weighted by Gasteiger charge is 2.35. The normalized spacial score (nSPS) is 15.4. The number of rotatable bonds is 9. The third-order valence-corrected chi connectivity index (χ3v) is 8.28. The minimum atomic E-state index is -0.876. The quantitative estimate of drug-likeness (QED) is 0.124. The Balaban J connectivity index is 1.21. The van der Waals surface area contributed by atoms with Crippen molar-refractivity contribution in [2.24, 2.45) is 0 Å². The maximum absolute atomic E-state index is 13.9. The first-order valence-corrected chi connectivity index (χ1v) is 16.1. The summed E-state index contributed by atoms with van der Waals surface area (Å²) in [5, 5.41) is 2.13. The molecule has 9 nitrogen and oxygen atoms in total. The maximum atomic E-state index is 13.9. The molecular weight excluding hydrogens is 588 g/mol. The number of hydrogen-bond acceptors (Lipinski definition) is 8. The summed E-state index contributed by atoms with van der Waals surface area (Å²) in [6.07, 6.45) is 6.47. The van der Waals surface area contributed by atoms with Crippen LogP contribution in [0.3, 0.4) is 0 Å². The first-order valence-electron chi connectivity index (χ1n) is 16.1. The molecule has 2 N–H and O–H groups in total. The number of aromatic nitrogens is 4. The van der Waals surface area contributed by atoms with Gasteiger partial charge in [0.1, 0.15) is 11.4 Å². The number of hydrogen-bond donors (Lipinski definition) is 2. The lowest BCUT2D eigenvalue weighted by Gasteiger charge is -2.37. The van der Waals surface area contributed by atoms with Gasteiger partial charge in [0.25, 0.3) is 0 Å². The molecule has 0 radical (unpaired) electrons. The summed E-state index contributed by atoms with van der Waals surface area (Å²) in [5.41, 5.74) is 9.69. The molecule has 2 unspecified atom stereocenters. The van der Waals surface area contributed by atoms with E-state index >= 15 is 0 Å². The van der Waals surface area contributed by atoms with E-state index in [9.17, 15) is 4.79 Å². The summed E-state index contributed by atoms with van der Waals surface area (Å²) in [6, 6.07) is 29.1. The van der Waals surface area contributed by atoms with Crippen LogP contribution in [0.1, 0.15) is 68.3 Å². The molecule has 0 aliphatic heterocycles. The van der Waals surface area contributed by atoms with Crippen LogP contribution in [-0.4, -0.2) is 36.5 Å². The van der Waals surface area contributed by atoms with Crippen molar-refractivity contribution in [2.75, 3.05) is 0 Å². The second-order valence-corrected chi connectivity index (χ2v) is 12.9. The maximum Gasteiger partial charge on any atom is 0.332 e. The van der Waals surface area contributed by atoms with Crippen LogP contribution in [0.15, 0.2) is 108 Å². The molecule has 1 aliphatic rings. The van der Waals surface area contributed by atoms with E-state index in [1.54, 1.807) is 6.20 Å². The zero-order valence-electron chi connectivity index (χ0n) is 26.8. The summed E-state index contributed by atoms with van der Waals surface area (Å²) in [4.78, 5) is 31.4. The van der Waals surface area contributed by atoms with E-state index in [0.29, 0.717) is 18.3 Å². The monoisotopic (exact) mass is 626 g/mol. The molecule has 6 aromatic rings. The molecule has 2 atom stereocenters. The van der Waals surface area contributed by atoms with E-state index in [0.717, 1.165) is 58.4 Å². The molecule has 238 valence electrons. The molecule has 0 bridgehead atoms.